The Morgan fingerprint density at radius 1 is 0.864 bits per heavy atom. The second-order valence-electron chi connectivity index (χ2n) is 4.51. The number of ether oxygens (including phenoxy) is 2. The Balaban J connectivity index is 2.54. The molecule has 0 aliphatic rings. The molecule has 2 aromatic carbocycles. The van der Waals surface area contributed by atoms with Crippen molar-refractivity contribution >= 4 is 17.7 Å². The molecule has 1 atom stereocenters. The Hall–Kier alpha value is -2.82. The van der Waals surface area contributed by atoms with E-state index in [0.717, 1.165) is 0 Å². The zero-order valence-electron chi connectivity index (χ0n) is 12.4. The van der Waals surface area contributed by atoms with Crippen LogP contribution in [0.5, 0.6) is 0 Å². The fourth-order valence-electron chi connectivity index (χ4n) is 2.18. The maximum Gasteiger partial charge on any atom is 0.415 e. The third kappa shape index (κ3) is 3.25. The first kappa shape index (κ1) is 15.6. The normalized spacial score (nSPS) is 11.4. The van der Waals surface area contributed by atoms with Crippen LogP contribution in [-0.2, 0) is 14.3 Å². The van der Waals surface area contributed by atoms with Crippen molar-refractivity contribution in [3.63, 3.8) is 0 Å². The van der Waals surface area contributed by atoms with E-state index < -0.39 is 18.1 Å². The molecule has 5 nitrogen and oxygen atoms in total. The third-order valence-corrected chi connectivity index (χ3v) is 3.20. The van der Waals surface area contributed by atoms with Crippen LogP contribution in [0.2, 0.25) is 0 Å². The lowest BCUT2D eigenvalue weighted by Crippen LogP contribution is -2.39. The summed E-state index contributed by atoms with van der Waals surface area (Å²) < 4.78 is 9.72. The summed E-state index contributed by atoms with van der Waals surface area (Å²) in [6, 6.07) is 16.9. The molecule has 0 unspecified atom stereocenters. The molecule has 0 saturated heterocycles. The van der Waals surface area contributed by atoms with Crippen LogP contribution in [-0.4, -0.2) is 26.3 Å². The molecule has 0 N–H and O–H groups in total. The van der Waals surface area contributed by atoms with Gasteiger partial charge < -0.3 is 9.47 Å². The second-order valence-corrected chi connectivity index (χ2v) is 4.51. The van der Waals surface area contributed by atoms with Gasteiger partial charge in [-0.15, -0.1) is 0 Å². The van der Waals surface area contributed by atoms with Gasteiger partial charge >= 0.3 is 12.1 Å². The van der Waals surface area contributed by atoms with Gasteiger partial charge in [0.25, 0.3) is 0 Å². The molecule has 5 heteroatoms. The van der Waals surface area contributed by atoms with Crippen LogP contribution in [0.3, 0.4) is 0 Å². The number of anilines is 1. The van der Waals surface area contributed by atoms with E-state index in [1.54, 1.807) is 48.5 Å². The molecule has 0 spiro atoms. The standard InChI is InChI=1S/C17H17NO4/c1-21-16(19)15(13-9-5-3-6-10-13)18(17(20)22-2)14-11-7-4-8-12-14/h3-12,15H,1-2H3/t15-/m0/s1. The van der Waals surface area contributed by atoms with Gasteiger partial charge in [-0.05, 0) is 17.7 Å². The van der Waals surface area contributed by atoms with Crippen LogP contribution in [0.15, 0.2) is 60.7 Å². The van der Waals surface area contributed by atoms with Gasteiger partial charge in [0.1, 0.15) is 0 Å². The number of nitrogens with zero attached hydrogens (tertiary/aromatic N) is 1. The summed E-state index contributed by atoms with van der Waals surface area (Å²) in [4.78, 5) is 25.8. The van der Waals surface area contributed by atoms with E-state index in [9.17, 15) is 9.59 Å². The lowest BCUT2D eigenvalue weighted by atomic mass is 10.0. The monoisotopic (exact) mass is 299 g/mol. The highest BCUT2D eigenvalue weighted by Crippen LogP contribution is 2.29. The van der Waals surface area contributed by atoms with Gasteiger partial charge in [0, 0.05) is 5.69 Å². The highest BCUT2D eigenvalue weighted by atomic mass is 16.5. The van der Waals surface area contributed by atoms with Gasteiger partial charge in [-0.1, -0.05) is 48.5 Å². The Morgan fingerprint density at radius 3 is 1.91 bits per heavy atom. The molecule has 0 radical (unpaired) electrons. The molecule has 22 heavy (non-hydrogen) atoms. The van der Waals surface area contributed by atoms with Gasteiger partial charge in [-0.2, -0.15) is 0 Å². The lowest BCUT2D eigenvalue weighted by molar-refractivity contribution is -0.142. The number of esters is 1. The molecule has 2 aromatic rings. The van der Waals surface area contributed by atoms with Crippen molar-refractivity contribution in [2.24, 2.45) is 0 Å². The van der Waals surface area contributed by atoms with Gasteiger partial charge in [0.05, 0.1) is 14.2 Å². The molecule has 0 heterocycles. The number of carbonyl (C=O) groups is 2. The van der Waals surface area contributed by atoms with Crippen LogP contribution >= 0.6 is 0 Å². The fourth-order valence-corrected chi connectivity index (χ4v) is 2.18. The van der Waals surface area contributed by atoms with Crippen molar-refractivity contribution in [1.82, 2.24) is 0 Å². The summed E-state index contributed by atoms with van der Waals surface area (Å²) in [5.41, 5.74) is 1.19. The van der Waals surface area contributed by atoms with Gasteiger partial charge in [-0.25, -0.2) is 9.59 Å². The van der Waals surface area contributed by atoms with Crippen molar-refractivity contribution in [3.05, 3.63) is 66.2 Å². The predicted octanol–water partition coefficient (Wildman–Crippen LogP) is 3.17. The number of amides is 1. The third-order valence-electron chi connectivity index (χ3n) is 3.20. The average molecular weight is 299 g/mol. The maximum absolute atomic E-state index is 12.3. The summed E-state index contributed by atoms with van der Waals surface area (Å²) >= 11 is 0. The highest BCUT2D eigenvalue weighted by molar-refractivity contribution is 5.96. The fraction of sp³-hybridized carbons (Fsp3) is 0.176. The van der Waals surface area contributed by atoms with Crippen LogP contribution in [0.25, 0.3) is 0 Å². The summed E-state index contributed by atoms with van der Waals surface area (Å²) in [7, 11) is 2.57. The van der Waals surface area contributed by atoms with Crippen LogP contribution in [0.4, 0.5) is 10.5 Å². The van der Waals surface area contributed by atoms with Crippen molar-refractivity contribution in [1.29, 1.82) is 0 Å². The molecule has 0 bridgehead atoms. The second kappa shape index (κ2) is 7.26. The molecule has 0 aliphatic heterocycles. The maximum atomic E-state index is 12.3. The van der Waals surface area contributed by atoms with Crippen molar-refractivity contribution in [2.45, 2.75) is 6.04 Å². The number of carbonyl (C=O) groups excluding carboxylic acids is 2. The molecule has 1 amide bonds. The van der Waals surface area contributed by atoms with Crippen molar-refractivity contribution in [3.8, 4) is 0 Å². The van der Waals surface area contributed by atoms with Gasteiger partial charge in [0.2, 0.25) is 0 Å². The first-order valence-corrected chi connectivity index (χ1v) is 6.74. The summed E-state index contributed by atoms with van der Waals surface area (Å²) in [6.07, 6.45) is -0.634. The molecule has 0 fully saturated rings. The smallest absolute Gasteiger partial charge is 0.415 e. The van der Waals surface area contributed by atoms with E-state index in [-0.39, 0.29) is 0 Å². The Bertz CT molecular complexity index is 570. The zero-order chi connectivity index (χ0) is 15.9. The largest absolute Gasteiger partial charge is 0.467 e. The minimum atomic E-state index is -0.916. The average Bonchev–Trinajstić information content (AvgIpc) is 2.59. The summed E-state index contributed by atoms with van der Waals surface area (Å²) in [6.45, 7) is 0. The zero-order valence-corrected chi connectivity index (χ0v) is 12.4. The van der Waals surface area contributed by atoms with Gasteiger partial charge in [-0.3, -0.25) is 4.90 Å². The minimum Gasteiger partial charge on any atom is -0.467 e. The molecule has 0 saturated carbocycles. The van der Waals surface area contributed by atoms with Crippen LogP contribution < -0.4 is 4.90 Å². The number of benzene rings is 2. The summed E-state index contributed by atoms with van der Waals surface area (Å²) in [5, 5.41) is 0. The Labute approximate surface area is 129 Å². The van der Waals surface area contributed by atoms with Gasteiger partial charge in [0.15, 0.2) is 6.04 Å². The number of hydrogen-bond acceptors (Lipinski definition) is 4. The first-order valence-electron chi connectivity index (χ1n) is 6.74. The Morgan fingerprint density at radius 2 is 1.41 bits per heavy atom. The molecule has 0 aliphatic carbocycles. The predicted molar refractivity (Wildman–Crippen MR) is 82.5 cm³/mol. The molecule has 2 rings (SSSR count). The highest BCUT2D eigenvalue weighted by Gasteiger charge is 2.34. The van der Waals surface area contributed by atoms with E-state index in [1.807, 2.05) is 12.1 Å². The molecular formula is C17H17NO4. The number of para-hydroxylation sites is 1. The van der Waals surface area contributed by atoms with E-state index in [4.69, 9.17) is 9.47 Å². The summed E-state index contributed by atoms with van der Waals surface area (Å²) in [5.74, 6) is -0.541. The minimum absolute atomic E-state index is 0.541. The first-order chi connectivity index (χ1) is 10.7. The van der Waals surface area contributed by atoms with Crippen molar-refractivity contribution in [2.75, 3.05) is 19.1 Å². The number of hydrogen-bond donors (Lipinski definition) is 0. The number of methoxy groups -OCH3 is 2. The van der Waals surface area contributed by atoms with E-state index >= 15 is 0 Å². The molecular weight excluding hydrogens is 282 g/mol. The van der Waals surface area contributed by atoms with Crippen LogP contribution in [0, 0.1) is 0 Å². The number of rotatable bonds is 4. The SMILES string of the molecule is COC(=O)[C@H](c1ccccc1)N(C(=O)OC)c1ccccc1. The Kier molecular flexibility index (Phi) is 5.14. The van der Waals surface area contributed by atoms with E-state index in [1.165, 1.54) is 19.1 Å². The van der Waals surface area contributed by atoms with Crippen LogP contribution in [0.1, 0.15) is 11.6 Å². The lowest BCUT2D eigenvalue weighted by Gasteiger charge is -2.29. The molecule has 0 aromatic heterocycles. The molecule has 114 valence electrons. The topological polar surface area (TPSA) is 55.8 Å². The quantitative estimate of drug-likeness (QED) is 0.814. The van der Waals surface area contributed by atoms with E-state index in [0.29, 0.717) is 11.3 Å². The van der Waals surface area contributed by atoms with Crippen molar-refractivity contribution < 1.29 is 19.1 Å². The van der Waals surface area contributed by atoms with E-state index in [2.05, 4.69) is 0 Å².